The van der Waals surface area contributed by atoms with E-state index in [0.29, 0.717) is 19.1 Å². The van der Waals surface area contributed by atoms with Crippen LogP contribution in [-0.2, 0) is 16.1 Å². The molecule has 0 N–H and O–H groups in total. The second-order valence-electron chi connectivity index (χ2n) is 7.97. The number of pyridine rings is 1. The van der Waals surface area contributed by atoms with Crippen LogP contribution in [-0.4, -0.2) is 60.1 Å². The van der Waals surface area contributed by atoms with Crippen LogP contribution < -0.4 is 0 Å². The van der Waals surface area contributed by atoms with Gasteiger partial charge in [0.15, 0.2) is 0 Å². The lowest BCUT2D eigenvalue weighted by atomic mass is 9.76. The molecule has 4 rings (SSSR count). The molecule has 3 fully saturated rings. The third-order valence-corrected chi connectivity index (χ3v) is 6.48. The molecule has 5 heteroatoms. The highest BCUT2D eigenvalue weighted by Gasteiger charge is 2.51. The summed E-state index contributed by atoms with van der Waals surface area (Å²) < 4.78 is 5.42. The molecule has 2 atom stereocenters. The number of carbonyl (C=O) groups is 1. The van der Waals surface area contributed by atoms with Crippen molar-refractivity contribution in [3.05, 3.63) is 29.6 Å². The van der Waals surface area contributed by atoms with Gasteiger partial charge in [0.1, 0.15) is 0 Å². The number of aromatic nitrogens is 1. The summed E-state index contributed by atoms with van der Waals surface area (Å²) in [6, 6.07) is 4.13. The van der Waals surface area contributed by atoms with Gasteiger partial charge < -0.3 is 9.64 Å². The van der Waals surface area contributed by atoms with E-state index >= 15 is 0 Å². The standard InChI is InChI=1S/C20H29N3O2/c1-16-4-3-8-21-18(16)14-22-9-7-20(15-22)6-2-5-17(20)19(24)23-10-12-25-13-11-23/h3-4,8,17H,2,5-7,9-15H2,1H3/t17-,20-/m1/s1. The van der Waals surface area contributed by atoms with Gasteiger partial charge in [0.25, 0.3) is 0 Å². The molecule has 2 aliphatic heterocycles. The average Bonchev–Trinajstić information content (AvgIpc) is 3.24. The maximum atomic E-state index is 13.1. The lowest BCUT2D eigenvalue weighted by molar-refractivity contribution is -0.143. The maximum absolute atomic E-state index is 13.1. The summed E-state index contributed by atoms with van der Waals surface area (Å²) in [6.07, 6.45) is 6.49. The smallest absolute Gasteiger partial charge is 0.226 e. The van der Waals surface area contributed by atoms with Crippen LogP contribution in [0, 0.1) is 18.3 Å². The van der Waals surface area contributed by atoms with E-state index in [4.69, 9.17) is 4.74 Å². The summed E-state index contributed by atoms with van der Waals surface area (Å²) in [6.45, 7) is 8.09. The first-order valence-corrected chi connectivity index (χ1v) is 9.67. The summed E-state index contributed by atoms with van der Waals surface area (Å²) in [5.41, 5.74) is 2.63. The highest BCUT2D eigenvalue weighted by Crippen LogP contribution is 2.50. The number of morpholine rings is 1. The number of carbonyl (C=O) groups excluding carboxylic acids is 1. The number of amides is 1. The third-order valence-electron chi connectivity index (χ3n) is 6.48. The largest absolute Gasteiger partial charge is 0.378 e. The summed E-state index contributed by atoms with van der Waals surface area (Å²) >= 11 is 0. The Bertz CT molecular complexity index is 629. The summed E-state index contributed by atoms with van der Waals surface area (Å²) in [5.74, 6) is 0.595. The van der Waals surface area contributed by atoms with Gasteiger partial charge in [-0.1, -0.05) is 12.5 Å². The highest BCUT2D eigenvalue weighted by molar-refractivity contribution is 5.80. The van der Waals surface area contributed by atoms with Crippen LogP contribution in [0.3, 0.4) is 0 Å². The van der Waals surface area contributed by atoms with Crippen molar-refractivity contribution in [2.24, 2.45) is 11.3 Å². The molecular formula is C20H29N3O2. The minimum absolute atomic E-state index is 0.193. The van der Waals surface area contributed by atoms with Gasteiger partial charge in [-0.05, 0) is 49.8 Å². The lowest BCUT2D eigenvalue weighted by Crippen LogP contribution is -2.47. The van der Waals surface area contributed by atoms with Crippen molar-refractivity contribution in [3.8, 4) is 0 Å². The SMILES string of the molecule is Cc1cccnc1CN1CC[C@]2(CCC[C@@H]2C(=O)N2CCOCC2)C1. The van der Waals surface area contributed by atoms with Gasteiger partial charge in [0, 0.05) is 38.3 Å². The van der Waals surface area contributed by atoms with E-state index in [2.05, 4.69) is 22.9 Å². The molecule has 5 nitrogen and oxygen atoms in total. The molecule has 1 aromatic heterocycles. The van der Waals surface area contributed by atoms with Crippen molar-refractivity contribution in [3.63, 3.8) is 0 Å². The van der Waals surface area contributed by atoms with Crippen LogP contribution in [0.25, 0.3) is 0 Å². The molecule has 1 amide bonds. The Hall–Kier alpha value is -1.46. The molecule has 0 bridgehead atoms. The average molecular weight is 343 g/mol. The van der Waals surface area contributed by atoms with Crippen LogP contribution in [0.2, 0.25) is 0 Å². The van der Waals surface area contributed by atoms with E-state index in [0.717, 1.165) is 45.6 Å². The van der Waals surface area contributed by atoms with Crippen LogP contribution in [0.1, 0.15) is 36.9 Å². The summed E-state index contributed by atoms with van der Waals surface area (Å²) in [7, 11) is 0. The van der Waals surface area contributed by atoms with Crippen molar-refractivity contribution in [2.75, 3.05) is 39.4 Å². The highest BCUT2D eigenvalue weighted by atomic mass is 16.5. The molecule has 2 saturated heterocycles. The van der Waals surface area contributed by atoms with Gasteiger partial charge >= 0.3 is 0 Å². The minimum Gasteiger partial charge on any atom is -0.378 e. The Labute approximate surface area is 150 Å². The van der Waals surface area contributed by atoms with Crippen molar-refractivity contribution < 1.29 is 9.53 Å². The van der Waals surface area contributed by atoms with Gasteiger partial charge in [0.05, 0.1) is 18.9 Å². The van der Waals surface area contributed by atoms with Crippen LogP contribution in [0.15, 0.2) is 18.3 Å². The number of nitrogens with zero attached hydrogens (tertiary/aromatic N) is 3. The Morgan fingerprint density at radius 2 is 2.16 bits per heavy atom. The third kappa shape index (κ3) is 3.32. The second-order valence-corrected chi connectivity index (χ2v) is 7.97. The number of aryl methyl sites for hydroxylation is 1. The van der Waals surface area contributed by atoms with Crippen molar-refractivity contribution in [1.82, 2.24) is 14.8 Å². The number of ether oxygens (including phenoxy) is 1. The van der Waals surface area contributed by atoms with Crippen molar-refractivity contribution in [1.29, 1.82) is 0 Å². The number of likely N-dealkylation sites (tertiary alicyclic amines) is 1. The van der Waals surface area contributed by atoms with E-state index < -0.39 is 0 Å². The normalized spacial score (nSPS) is 30.3. The van der Waals surface area contributed by atoms with Crippen LogP contribution in [0.5, 0.6) is 0 Å². The lowest BCUT2D eigenvalue weighted by Gasteiger charge is -2.36. The zero-order valence-electron chi connectivity index (χ0n) is 15.2. The molecule has 3 heterocycles. The van der Waals surface area contributed by atoms with Gasteiger partial charge in [-0.25, -0.2) is 0 Å². The topological polar surface area (TPSA) is 45.7 Å². The van der Waals surface area contributed by atoms with E-state index in [-0.39, 0.29) is 11.3 Å². The molecular weight excluding hydrogens is 314 g/mol. The molecule has 0 aromatic carbocycles. The van der Waals surface area contributed by atoms with Crippen molar-refractivity contribution >= 4 is 5.91 Å². The van der Waals surface area contributed by atoms with Gasteiger partial charge in [-0.3, -0.25) is 14.7 Å². The van der Waals surface area contributed by atoms with E-state index in [9.17, 15) is 4.79 Å². The summed E-state index contributed by atoms with van der Waals surface area (Å²) in [4.78, 5) is 22.2. The fourth-order valence-electron chi connectivity index (χ4n) is 5.03. The van der Waals surface area contributed by atoms with E-state index in [1.807, 2.05) is 17.2 Å². The second kappa shape index (κ2) is 7.04. The first kappa shape index (κ1) is 17.0. The number of hydrogen-bond donors (Lipinski definition) is 0. The predicted molar refractivity (Wildman–Crippen MR) is 96.0 cm³/mol. The monoisotopic (exact) mass is 343 g/mol. The maximum Gasteiger partial charge on any atom is 0.226 e. The van der Waals surface area contributed by atoms with Crippen molar-refractivity contribution in [2.45, 2.75) is 39.2 Å². The fourth-order valence-corrected chi connectivity index (χ4v) is 5.03. The molecule has 0 unspecified atom stereocenters. The summed E-state index contributed by atoms with van der Waals surface area (Å²) in [5, 5.41) is 0. The Balaban J connectivity index is 1.44. The molecule has 1 aliphatic carbocycles. The van der Waals surface area contributed by atoms with E-state index in [1.165, 1.54) is 24.1 Å². The molecule has 3 aliphatic rings. The van der Waals surface area contributed by atoms with Crippen LogP contribution in [0.4, 0.5) is 0 Å². The van der Waals surface area contributed by atoms with E-state index in [1.54, 1.807) is 0 Å². The molecule has 136 valence electrons. The molecule has 0 radical (unpaired) electrons. The number of hydrogen-bond acceptors (Lipinski definition) is 4. The fraction of sp³-hybridized carbons (Fsp3) is 0.700. The Morgan fingerprint density at radius 3 is 2.96 bits per heavy atom. The molecule has 25 heavy (non-hydrogen) atoms. The molecule has 1 spiro atoms. The Kier molecular flexibility index (Phi) is 4.78. The van der Waals surface area contributed by atoms with Crippen LogP contribution >= 0.6 is 0 Å². The molecule has 1 saturated carbocycles. The number of rotatable bonds is 3. The quantitative estimate of drug-likeness (QED) is 0.844. The van der Waals surface area contributed by atoms with Gasteiger partial charge in [-0.2, -0.15) is 0 Å². The van der Waals surface area contributed by atoms with Gasteiger partial charge in [-0.15, -0.1) is 0 Å². The zero-order valence-corrected chi connectivity index (χ0v) is 15.2. The zero-order chi connectivity index (χ0) is 17.3. The molecule has 1 aromatic rings. The first-order chi connectivity index (χ1) is 12.2. The predicted octanol–water partition coefficient (Wildman–Crippen LogP) is 2.24. The minimum atomic E-state index is 0.193. The Morgan fingerprint density at radius 1 is 1.32 bits per heavy atom. The van der Waals surface area contributed by atoms with Gasteiger partial charge in [0.2, 0.25) is 5.91 Å². The first-order valence-electron chi connectivity index (χ1n) is 9.67.